The maximum absolute atomic E-state index is 5.45. The highest BCUT2D eigenvalue weighted by atomic mass is 32.1. The van der Waals surface area contributed by atoms with Crippen molar-refractivity contribution in [3.63, 3.8) is 0 Å². The van der Waals surface area contributed by atoms with Crippen LogP contribution in [0, 0.1) is 5.92 Å². The second kappa shape index (κ2) is 15.1. The number of rotatable bonds is 5. The van der Waals surface area contributed by atoms with Crippen LogP contribution >= 0.6 is 11.3 Å². The molecule has 0 N–H and O–H groups in total. The quantitative estimate of drug-likeness (QED) is 0.154. The van der Waals surface area contributed by atoms with E-state index >= 15 is 0 Å². The highest BCUT2D eigenvalue weighted by Crippen LogP contribution is 2.46. The number of allylic oxidation sites excluding steroid dienone is 8. The lowest BCUT2D eigenvalue weighted by Crippen LogP contribution is -2.09. The lowest BCUT2D eigenvalue weighted by Gasteiger charge is -2.27. The van der Waals surface area contributed by atoms with Crippen LogP contribution in [0.3, 0.4) is 0 Å². The van der Waals surface area contributed by atoms with Crippen LogP contribution in [-0.4, -0.2) is 5.71 Å². The number of hydrogen-bond acceptors (Lipinski definition) is 2. The van der Waals surface area contributed by atoms with Gasteiger partial charge in [0.15, 0.2) is 0 Å². The monoisotopic (exact) mass is 775 g/mol. The van der Waals surface area contributed by atoms with Gasteiger partial charge in [0.25, 0.3) is 0 Å². The van der Waals surface area contributed by atoms with Crippen LogP contribution in [0.5, 0.6) is 0 Å². The summed E-state index contributed by atoms with van der Waals surface area (Å²) in [6.45, 7) is 2.40. The van der Waals surface area contributed by atoms with E-state index in [0.717, 1.165) is 49.1 Å². The Labute approximate surface area is 350 Å². The number of aliphatic imine (C=N–C) groups is 1. The summed E-state index contributed by atoms with van der Waals surface area (Å²) in [6.07, 6.45) is 21.4. The van der Waals surface area contributed by atoms with Gasteiger partial charge >= 0.3 is 0 Å². The van der Waals surface area contributed by atoms with Crippen molar-refractivity contribution in [2.24, 2.45) is 10.9 Å². The van der Waals surface area contributed by atoms with Crippen molar-refractivity contribution in [2.75, 3.05) is 0 Å². The van der Waals surface area contributed by atoms with Crippen LogP contribution in [0.2, 0.25) is 0 Å². The minimum atomic E-state index is 0.232. The van der Waals surface area contributed by atoms with Crippen molar-refractivity contribution in [1.82, 2.24) is 0 Å². The average molecular weight is 776 g/mol. The molecule has 2 aliphatic carbocycles. The summed E-state index contributed by atoms with van der Waals surface area (Å²) in [5, 5.41) is 7.99. The summed E-state index contributed by atoms with van der Waals surface area (Å²) >= 11 is 1.88. The predicted molar refractivity (Wildman–Crippen MR) is 256 cm³/mol. The zero-order chi connectivity index (χ0) is 39.3. The molecule has 0 fully saturated rings. The zero-order valence-corrected chi connectivity index (χ0v) is 34.2. The van der Waals surface area contributed by atoms with Gasteiger partial charge in [-0.25, -0.2) is 4.99 Å². The molecule has 8 aromatic rings. The summed E-state index contributed by atoms with van der Waals surface area (Å²) in [4.78, 5) is 5.45. The predicted octanol–water partition coefficient (Wildman–Crippen LogP) is 16.0. The van der Waals surface area contributed by atoms with E-state index in [-0.39, 0.29) is 5.92 Å². The largest absolute Gasteiger partial charge is 0.248 e. The molecule has 3 aliphatic rings. The normalized spacial score (nSPS) is 19.1. The van der Waals surface area contributed by atoms with E-state index < -0.39 is 0 Å². The molecule has 284 valence electrons. The summed E-state index contributed by atoms with van der Waals surface area (Å²) in [5.41, 5.74) is 14.0. The molecule has 2 heterocycles. The standard InChI is InChI=1S/C57H45NS/c1-37-15-12-27-53(38-16-4-2-5-17-38)58-54(39-18-6-3-7-19-39)36-50(37)43-21-13-20-42(33-43)44-25-14-26-48-45-22-8-9-23-46(45)51-34-40(29-31-49(51)57(44)48)41-30-32-56-52(35-41)47-24-10-11-28-55(47)59-56/h2-4,6-11,13-14,16,18-24,26-37,44H,5,12,15,17,25H2,1H3/b50-36?,53-27+,58-54?/t37-,44?/m1/s1. The number of nitrogens with zero attached hydrogens (tertiary/aromatic N) is 1. The van der Waals surface area contributed by atoms with Crippen molar-refractivity contribution < 1.29 is 0 Å². The fourth-order valence-corrected chi connectivity index (χ4v) is 10.9. The smallest absolute Gasteiger partial charge is 0.0712 e. The molecule has 1 unspecified atom stereocenters. The van der Waals surface area contributed by atoms with Crippen molar-refractivity contribution >= 4 is 70.4 Å². The van der Waals surface area contributed by atoms with E-state index in [1.165, 1.54) is 86.2 Å². The van der Waals surface area contributed by atoms with Crippen molar-refractivity contribution in [3.05, 3.63) is 215 Å². The van der Waals surface area contributed by atoms with Gasteiger partial charge in [0.05, 0.1) is 11.4 Å². The Hall–Kier alpha value is -6.35. The molecule has 2 heteroatoms. The molecular weight excluding hydrogens is 731 g/mol. The van der Waals surface area contributed by atoms with Gasteiger partial charge in [-0.1, -0.05) is 159 Å². The van der Waals surface area contributed by atoms with Crippen LogP contribution in [0.15, 0.2) is 192 Å². The Kier molecular flexibility index (Phi) is 9.16. The summed E-state index contributed by atoms with van der Waals surface area (Å²) in [6, 6.07) is 52.3. The van der Waals surface area contributed by atoms with Gasteiger partial charge in [-0.15, -0.1) is 11.3 Å². The third kappa shape index (κ3) is 6.53. The molecule has 0 radical (unpaired) electrons. The Morgan fingerprint density at radius 2 is 1.36 bits per heavy atom. The van der Waals surface area contributed by atoms with E-state index in [2.05, 4.69) is 189 Å². The molecule has 0 spiro atoms. The van der Waals surface area contributed by atoms with Crippen LogP contribution in [-0.2, 0) is 0 Å². The van der Waals surface area contributed by atoms with Gasteiger partial charge in [-0.05, 0) is 134 Å². The maximum atomic E-state index is 5.45. The first-order valence-electron chi connectivity index (χ1n) is 21.2. The first kappa shape index (κ1) is 35.8. The van der Waals surface area contributed by atoms with E-state index in [9.17, 15) is 0 Å². The minimum Gasteiger partial charge on any atom is -0.248 e. The second-order valence-electron chi connectivity index (χ2n) is 16.4. The fraction of sp³-hybridized carbons (Fsp3) is 0.140. The molecule has 1 nitrogen and oxygen atoms in total. The summed E-state index contributed by atoms with van der Waals surface area (Å²) in [7, 11) is 0. The molecule has 11 rings (SSSR count). The van der Waals surface area contributed by atoms with Crippen molar-refractivity contribution in [3.8, 4) is 11.1 Å². The van der Waals surface area contributed by atoms with E-state index in [1.807, 2.05) is 11.3 Å². The van der Waals surface area contributed by atoms with Crippen LogP contribution in [0.4, 0.5) is 0 Å². The van der Waals surface area contributed by atoms with Gasteiger partial charge in [0, 0.05) is 31.7 Å². The third-order valence-electron chi connectivity index (χ3n) is 12.9. The molecule has 1 aromatic heterocycles. The molecule has 59 heavy (non-hydrogen) atoms. The van der Waals surface area contributed by atoms with Gasteiger partial charge in [0.1, 0.15) is 0 Å². The van der Waals surface area contributed by atoms with E-state index in [4.69, 9.17) is 4.99 Å². The molecule has 2 atom stereocenters. The molecular formula is C57H45NS. The SMILES string of the molecule is C[C@@H]1CC/C=C(\C2=CC=CCC2)N=C(c2ccccc2)C=C1c1cccc(C2CC=Cc3c2c2ccc(-c4ccc5sc6ccccc6c5c4)cc2c2ccccc32)c1. The molecule has 0 amide bonds. The van der Waals surface area contributed by atoms with Crippen LogP contribution in [0.1, 0.15) is 72.8 Å². The Morgan fingerprint density at radius 1 is 0.593 bits per heavy atom. The molecule has 1 aliphatic heterocycles. The minimum absolute atomic E-state index is 0.232. The van der Waals surface area contributed by atoms with Crippen molar-refractivity contribution in [2.45, 2.75) is 44.9 Å². The number of fused-ring (bicyclic) bond motifs is 9. The van der Waals surface area contributed by atoms with Gasteiger partial charge in [-0.2, -0.15) is 0 Å². The van der Waals surface area contributed by atoms with E-state index in [1.54, 1.807) is 0 Å². The Bertz CT molecular complexity index is 3150. The molecule has 0 saturated carbocycles. The first-order valence-corrected chi connectivity index (χ1v) is 22.1. The first-order chi connectivity index (χ1) is 29.2. The fourth-order valence-electron chi connectivity index (χ4n) is 9.83. The molecule has 0 saturated heterocycles. The lowest BCUT2D eigenvalue weighted by atomic mass is 9.76. The molecule has 0 bridgehead atoms. The summed E-state index contributed by atoms with van der Waals surface area (Å²) < 4.78 is 2.68. The number of thiophene rings is 1. The van der Waals surface area contributed by atoms with Crippen LogP contribution < -0.4 is 0 Å². The second-order valence-corrected chi connectivity index (χ2v) is 17.5. The van der Waals surface area contributed by atoms with E-state index in [0.29, 0.717) is 5.92 Å². The van der Waals surface area contributed by atoms with Crippen molar-refractivity contribution in [1.29, 1.82) is 0 Å². The number of hydrogen-bond donors (Lipinski definition) is 0. The maximum Gasteiger partial charge on any atom is 0.0712 e. The number of benzene rings is 7. The third-order valence-corrected chi connectivity index (χ3v) is 14.0. The average Bonchev–Trinajstić information content (AvgIpc) is 3.71. The highest BCUT2D eigenvalue weighted by Gasteiger charge is 2.26. The zero-order valence-electron chi connectivity index (χ0n) is 33.4. The highest BCUT2D eigenvalue weighted by molar-refractivity contribution is 7.25. The molecule has 7 aromatic carbocycles. The van der Waals surface area contributed by atoms with Gasteiger partial charge in [-0.3, -0.25) is 0 Å². The lowest BCUT2D eigenvalue weighted by molar-refractivity contribution is 0.674. The topological polar surface area (TPSA) is 12.4 Å². The Morgan fingerprint density at radius 3 is 2.22 bits per heavy atom. The van der Waals surface area contributed by atoms with Gasteiger partial charge < -0.3 is 0 Å². The summed E-state index contributed by atoms with van der Waals surface area (Å²) in [5.74, 6) is 0.596. The Balaban J connectivity index is 1.04. The van der Waals surface area contributed by atoms with Crippen LogP contribution in [0.25, 0.3) is 64.5 Å². The van der Waals surface area contributed by atoms with Gasteiger partial charge in [0.2, 0.25) is 0 Å².